The Hall–Kier alpha value is -2.86. The first-order valence-corrected chi connectivity index (χ1v) is 8.28. The highest BCUT2D eigenvalue weighted by molar-refractivity contribution is 5.34. The second-order valence-corrected chi connectivity index (χ2v) is 6.18. The van der Waals surface area contributed by atoms with Crippen molar-refractivity contribution in [2.45, 2.75) is 12.6 Å². The van der Waals surface area contributed by atoms with E-state index in [-0.39, 0.29) is 0 Å². The Bertz CT molecular complexity index is 817. The first-order valence-electron chi connectivity index (χ1n) is 8.28. The lowest BCUT2D eigenvalue weighted by molar-refractivity contribution is 0.292. The fourth-order valence-corrected chi connectivity index (χ4v) is 2.70. The standard InChI is InChI=1S/C19H20N4O2/c1-22-11-15(9-21-22)12-23-13-16(23)14-24-17-4-6-18(7-5-17)25-19-3-2-8-20-10-19/h2-11,16H,12-14H2,1H3. The average molecular weight is 336 g/mol. The predicted molar refractivity (Wildman–Crippen MR) is 93.7 cm³/mol. The molecular formula is C19H20N4O2. The minimum Gasteiger partial charge on any atom is -0.492 e. The van der Waals surface area contributed by atoms with E-state index in [9.17, 15) is 0 Å². The van der Waals surface area contributed by atoms with Crippen LogP contribution in [-0.4, -0.2) is 38.9 Å². The van der Waals surface area contributed by atoms with Crippen molar-refractivity contribution >= 4 is 0 Å². The number of hydrogen-bond donors (Lipinski definition) is 0. The van der Waals surface area contributed by atoms with Crippen LogP contribution < -0.4 is 9.47 Å². The summed E-state index contributed by atoms with van der Waals surface area (Å²) in [5.74, 6) is 2.34. The van der Waals surface area contributed by atoms with Gasteiger partial charge in [-0.1, -0.05) is 0 Å². The van der Waals surface area contributed by atoms with Crippen LogP contribution >= 0.6 is 0 Å². The molecule has 1 saturated heterocycles. The van der Waals surface area contributed by atoms with Crippen LogP contribution in [0.15, 0.2) is 61.2 Å². The van der Waals surface area contributed by atoms with Crippen LogP contribution in [0.25, 0.3) is 0 Å². The third-order valence-corrected chi connectivity index (χ3v) is 4.11. The number of nitrogens with zero attached hydrogens (tertiary/aromatic N) is 4. The number of pyridine rings is 1. The molecule has 0 spiro atoms. The summed E-state index contributed by atoms with van der Waals surface area (Å²) < 4.78 is 13.4. The first-order chi connectivity index (χ1) is 12.3. The summed E-state index contributed by atoms with van der Waals surface area (Å²) >= 11 is 0. The number of ether oxygens (including phenoxy) is 2. The lowest BCUT2D eigenvalue weighted by Crippen LogP contribution is -2.10. The fourth-order valence-electron chi connectivity index (χ4n) is 2.70. The highest BCUT2D eigenvalue weighted by Gasteiger charge is 2.34. The van der Waals surface area contributed by atoms with Gasteiger partial charge < -0.3 is 9.47 Å². The number of aromatic nitrogens is 3. The zero-order valence-corrected chi connectivity index (χ0v) is 14.1. The number of rotatable bonds is 7. The van der Waals surface area contributed by atoms with Crippen LogP contribution in [0.5, 0.6) is 17.2 Å². The minimum absolute atomic E-state index is 0.478. The monoisotopic (exact) mass is 336 g/mol. The van der Waals surface area contributed by atoms with Gasteiger partial charge in [0.05, 0.1) is 18.4 Å². The Morgan fingerprint density at radius 1 is 1.08 bits per heavy atom. The van der Waals surface area contributed by atoms with Crippen LogP contribution in [0.4, 0.5) is 0 Å². The quantitative estimate of drug-likeness (QED) is 0.621. The summed E-state index contributed by atoms with van der Waals surface area (Å²) in [5, 5.41) is 4.20. The Morgan fingerprint density at radius 3 is 2.64 bits per heavy atom. The highest BCUT2D eigenvalue weighted by Crippen LogP contribution is 2.25. The molecule has 1 aromatic carbocycles. The Labute approximate surface area is 146 Å². The van der Waals surface area contributed by atoms with Crippen molar-refractivity contribution in [1.29, 1.82) is 0 Å². The van der Waals surface area contributed by atoms with Crippen molar-refractivity contribution in [3.05, 3.63) is 66.7 Å². The molecule has 6 heteroatoms. The van der Waals surface area contributed by atoms with Gasteiger partial charge in [0.25, 0.3) is 0 Å². The van der Waals surface area contributed by atoms with E-state index in [1.54, 1.807) is 12.4 Å². The zero-order chi connectivity index (χ0) is 17.1. The van der Waals surface area contributed by atoms with Crippen LogP contribution in [0, 0.1) is 0 Å². The van der Waals surface area contributed by atoms with E-state index in [1.165, 1.54) is 5.56 Å². The van der Waals surface area contributed by atoms with Gasteiger partial charge in [0.15, 0.2) is 0 Å². The molecule has 3 aromatic rings. The number of aryl methyl sites for hydroxylation is 1. The van der Waals surface area contributed by atoms with E-state index in [0.29, 0.717) is 12.6 Å². The molecular weight excluding hydrogens is 316 g/mol. The van der Waals surface area contributed by atoms with Crippen molar-refractivity contribution in [3.8, 4) is 17.2 Å². The van der Waals surface area contributed by atoms with Gasteiger partial charge in [0, 0.05) is 38.1 Å². The van der Waals surface area contributed by atoms with Gasteiger partial charge in [-0.15, -0.1) is 0 Å². The Balaban J connectivity index is 1.24. The molecule has 0 N–H and O–H groups in total. The van der Waals surface area contributed by atoms with Gasteiger partial charge in [-0.2, -0.15) is 5.10 Å². The van der Waals surface area contributed by atoms with Crippen molar-refractivity contribution in [1.82, 2.24) is 19.7 Å². The van der Waals surface area contributed by atoms with Crippen LogP contribution in [0.3, 0.4) is 0 Å². The molecule has 2 aromatic heterocycles. The number of hydrogen-bond acceptors (Lipinski definition) is 5. The van der Waals surface area contributed by atoms with Crippen LogP contribution in [0.1, 0.15) is 5.56 Å². The minimum atomic E-state index is 0.478. The highest BCUT2D eigenvalue weighted by atomic mass is 16.5. The van der Waals surface area contributed by atoms with Gasteiger partial charge in [0.2, 0.25) is 0 Å². The molecule has 0 aliphatic carbocycles. The average Bonchev–Trinajstić information content (AvgIpc) is 3.24. The van der Waals surface area contributed by atoms with Crippen molar-refractivity contribution in [2.24, 2.45) is 7.05 Å². The molecule has 128 valence electrons. The largest absolute Gasteiger partial charge is 0.492 e. The predicted octanol–water partition coefficient (Wildman–Crippen LogP) is 2.87. The molecule has 6 nitrogen and oxygen atoms in total. The van der Waals surface area contributed by atoms with Gasteiger partial charge in [0.1, 0.15) is 23.9 Å². The molecule has 2 atom stereocenters. The summed E-state index contributed by atoms with van der Waals surface area (Å²) in [6.45, 7) is 2.69. The molecule has 3 heterocycles. The molecule has 4 rings (SSSR count). The topological polar surface area (TPSA) is 52.2 Å². The summed E-state index contributed by atoms with van der Waals surface area (Å²) in [7, 11) is 1.94. The maximum absolute atomic E-state index is 5.88. The fraction of sp³-hybridized carbons (Fsp3) is 0.263. The van der Waals surface area contributed by atoms with Crippen molar-refractivity contribution < 1.29 is 9.47 Å². The van der Waals surface area contributed by atoms with E-state index >= 15 is 0 Å². The van der Waals surface area contributed by atoms with E-state index in [1.807, 2.05) is 54.3 Å². The van der Waals surface area contributed by atoms with Crippen LogP contribution in [-0.2, 0) is 13.6 Å². The third kappa shape index (κ3) is 4.16. The lowest BCUT2D eigenvalue weighted by atomic mass is 10.3. The van der Waals surface area contributed by atoms with Gasteiger partial charge in [-0.25, -0.2) is 0 Å². The third-order valence-electron chi connectivity index (χ3n) is 4.11. The van der Waals surface area contributed by atoms with Crippen molar-refractivity contribution in [2.75, 3.05) is 13.2 Å². The van der Waals surface area contributed by atoms with Gasteiger partial charge in [-0.05, 0) is 36.4 Å². The summed E-state index contributed by atoms with van der Waals surface area (Å²) in [6.07, 6.45) is 7.38. The maximum atomic E-state index is 5.88. The molecule has 25 heavy (non-hydrogen) atoms. The second-order valence-electron chi connectivity index (χ2n) is 6.18. The number of benzene rings is 1. The molecule has 1 aliphatic heterocycles. The maximum Gasteiger partial charge on any atom is 0.145 e. The SMILES string of the molecule is Cn1cc(CN2CC2COc2ccc(Oc3cccnc3)cc2)cn1. The molecule has 2 unspecified atom stereocenters. The molecule has 1 aliphatic rings. The van der Waals surface area contributed by atoms with E-state index in [2.05, 4.69) is 21.2 Å². The van der Waals surface area contributed by atoms with Gasteiger partial charge in [-0.3, -0.25) is 14.6 Å². The first kappa shape index (κ1) is 15.7. The molecule has 0 radical (unpaired) electrons. The van der Waals surface area contributed by atoms with E-state index < -0.39 is 0 Å². The molecule has 1 fully saturated rings. The second kappa shape index (κ2) is 6.94. The summed E-state index contributed by atoms with van der Waals surface area (Å²) in [6, 6.07) is 11.9. The van der Waals surface area contributed by atoms with E-state index in [0.717, 1.165) is 30.3 Å². The van der Waals surface area contributed by atoms with Crippen molar-refractivity contribution in [3.63, 3.8) is 0 Å². The smallest absolute Gasteiger partial charge is 0.145 e. The lowest BCUT2D eigenvalue weighted by Gasteiger charge is -2.08. The molecule has 0 amide bonds. The molecule has 0 bridgehead atoms. The molecule has 0 saturated carbocycles. The van der Waals surface area contributed by atoms with Crippen LogP contribution in [0.2, 0.25) is 0 Å². The summed E-state index contributed by atoms with van der Waals surface area (Å²) in [4.78, 5) is 6.40. The Morgan fingerprint density at radius 2 is 1.92 bits per heavy atom. The zero-order valence-electron chi connectivity index (χ0n) is 14.1. The van der Waals surface area contributed by atoms with E-state index in [4.69, 9.17) is 9.47 Å². The summed E-state index contributed by atoms with van der Waals surface area (Å²) in [5.41, 5.74) is 1.24. The van der Waals surface area contributed by atoms with Gasteiger partial charge >= 0.3 is 0 Å². The Kier molecular flexibility index (Phi) is 4.35. The normalized spacial score (nSPS) is 18.8.